The molecule has 0 bridgehead atoms. The number of benzene rings is 7. The highest BCUT2D eigenvalue weighted by Gasteiger charge is 2.51. The van der Waals surface area contributed by atoms with Crippen LogP contribution in [0.4, 0.5) is 0 Å². The van der Waals surface area contributed by atoms with Crippen LogP contribution in [0.3, 0.4) is 0 Å². The van der Waals surface area contributed by atoms with E-state index in [0.717, 1.165) is 76.6 Å². The Labute approximate surface area is 356 Å². The van der Waals surface area contributed by atoms with E-state index in [-0.39, 0.29) is 16.5 Å². The first kappa shape index (κ1) is 36.9. The lowest BCUT2D eigenvalue weighted by atomic mass is 9.78. The first-order valence-electron chi connectivity index (χ1n) is 20.0. The van der Waals surface area contributed by atoms with Gasteiger partial charge in [0.1, 0.15) is 11.2 Å². The third kappa shape index (κ3) is 6.22. The zero-order chi connectivity index (χ0) is 40.8. The first-order chi connectivity index (χ1) is 29.1. The number of nitrogens with zero attached hydrogens (tertiary/aromatic N) is 3. The molecule has 6 nitrogen and oxygen atoms in total. The van der Waals surface area contributed by atoms with Crippen molar-refractivity contribution in [3.63, 3.8) is 0 Å². The topological polar surface area (TPSA) is 70.3 Å². The highest BCUT2D eigenvalue weighted by molar-refractivity contribution is 7.26. The maximum Gasteiger partial charge on any atom is 0.494 e. The standard InChI is InChI=1S/C51H37BClN3O3S/c1-50(2)51(3,4)59-52(58-50)35-24-20-31(21-25-35)34-22-26-37-42-28-33(23-27-43(42)57-44(37)29-34)30-16-18-32(19-17-30)36-10-5-6-12-40(36)47-54-48(56-49(53)55-47)41-14-9-13-39-38-11-7-8-15-45(38)60-46(39)41/h5-29H,1-4H3. The molecule has 0 N–H and O–H groups in total. The van der Waals surface area contributed by atoms with Crippen LogP contribution < -0.4 is 5.46 Å². The summed E-state index contributed by atoms with van der Waals surface area (Å²) in [5.74, 6) is 1.08. The zero-order valence-corrected chi connectivity index (χ0v) is 34.9. The summed E-state index contributed by atoms with van der Waals surface area (Å²) in [5.41, 5.74) is 10.2. The van der Waals surface area contributed by atoms with E-state index in [2.05, 4.69) is 171 Å². The average molecular weight is 818 g/mol. The van der Waals surface area contributed by atoms with Gasteiger partial charge in [-0.3, -0.25) is 0 Å². The Morgan fingerprint density at radius 3 is 1.83 bits per heavy atom. The maximum atomic E-state index is 6.64. The molecular weight excluding hydrogens is 781 g/mol. The van der Waals surface area contributed by atoms with E-state index >= 15 is 0 Å². The van der Waals surface area contributed by atoms with E-state index in [1.54, 1.807) is 11.3 Å². The Hall–Kier alpha value is -6.16. The van der Waals surface area contributed by atoms with E-state index in [0.29, 0.717) is 11.6 Å². The Morgan fingerprint density at radius 2 is 1.07 bits per heavy atom. The number of aromatic nitrogens is 3. The monoisotopic (exact) mass is 817 g/mol. The van der Waals surface area contributed by atoms with Gasteiger partial charge in [-0.05, 0) is 115 Å². The van der Waals surface area contributed by atoms with Gasteiger partial charge in [0.15, 0.2) is 11.6 Å². The number of hydrogen-bond acceptors (Lipinski definition) is 7. The van der Waals surface area contributed by atoms with Crippen molar-refractivity contribution in [2.75, 3.05) is 0 Å². The summed E-state index contributed by atoms with van der Waals surface area (Å²) in [6.07, 6.45) is 0. The molecule has 9 heteroatoms. The Bertz CT molecular complexity index is 3290. The van der Waals surface area contributed by atoms with Gasteiger partial charge in [0.05, 0.1) is 11.2 Å². The largest absolute Gasteiger partial charge is 0.494 e. The third-order valence-corrected chi connectivity index (χ3v) is 13.6. The van der Waals surface area contributed by atoms with Gasteiger partial charge in [-0.25, -0.2) is 4.98 Å². The second-order valence-electron chi connectivity index (χ2n) is 16.4. The fraction of sp³-hybridized carbons (Fsp3) is 0.118. The van der Waals surface area contributed by atoms with Crippen LogP contribution in [-0.2, 0) is 9.31 Å². The molecule has 3 aromatic heterocycles. The smallest absolute Gasteiger partial charge is 0.456 e. The van der Waals surface area contributed by atoms with Crippen molar-refractivity contribution in [1.29, 1.82) is 0 Å². The van der Waals surface area contributed by atoms with Gasteiger partial charge in [0.2, 0.25) is 5.28 Å². The molecule has 0 unspecified atom stereocenters. The number of rotatable bonds is 6. The lowest BCUT2D eigenvalue weighted by molar-refractivity contribution is 0.00578. The normalized spacial score (nSPS) is 14.8. The molecule has 4 heterocycles. The van der Waals surface area contributed by atoms with E-state index in [1.165, 1.54) is 15.5 Å². The van der Waals surface area contributed by atoms with Crippen molar-refractivity contribution >= 4 is 77.6 Å². The lowest BCUT2D eigenvalue weighted by Gasteiger charge is -2.32. The van der Waals surface area contributed by atoms with Crippen LogP contribution in [0.15, 0.2) is 156 Å². The highest BCUT2D eigenvalue weighted by atomic mass is 35.5. The minimum atomic E-state index is -0.391. The van der Waals surface area contributed by atoms with Crippen molar-refractivity contribution < 1.29 is 13.7 Å². The van der Waals surface area contributed by atoms with Crippen molar-refractivity contribution in [3.8, 4) is 56.2 Å². The summed E-state index contributed by atoms with van der Waals surface area (Å²) in [6.45, 7) is 8.30. The second-order valence-corrected chi connectivity index (χ2v) is 17.8. The molecule has 0 atom stereocenters. The summed E-state index contributed by atoms with van der Waals surface area (Å²) in [5, 5.41) is 4.71. The number of thiophene rings is 1. The van der Waals surface area contributed by atoms with Gasteiger partial charge < -0.3 is 13.7 Å². The van der Waals surface area contributed by atoms with Crippen LogP contribution in [-0.4, -0.2) is 33.3 Å². The summed E-state index contributed by atoms with van der Waals surface area (Å²) in [7, 11) is -0.391. The Kier molecular flexibility index (Phi) is 8.59. The first-order valence-corrected chi connectivity index (χ1v) is 21.2. The predicted molar refractivity (Wildman–Crippen MR) is 248 cm³/mol. The fourth-order valence-electron chi connectivity index (χ4n) is 8.23. The van der Waals surface area contributed by atoms with Crippen LogP contribution in [0, 0.1) is 0 Å². The van der Waals surface area contributed by atoms with Gasteiger partial charge in [-0.15, -0.1) is 11.3 Å². The van der Waals surface area contributed by atoms with Crippen LogP contribution >= 0.6 is 22.9 Å². The van der Waals surface area contributed by atoms with Crippen LogP contribution in [0.5, 0.6) is 0 Å². The molecule has 7 aromatic carbocycles. The van der Waals surface area contributed by atoms with Crippen molar-refractivity contribution in [1.82, 2.24) is 15.0 Å². The molecule has 1 aliphatic rings. The molecule has 11 rings (SSSR count). The molecule has 290 valence electrons. The second kappa shape index (κ2) is 14.0. The molecule has 0 aliphatic carbocycles. The van der Waals surface area contributed by atoms with Crippen LogP contribution in [0.2, 0.25) is 5.28 Å². The number of fused-ring (bicyclic) bond motifs is 6. The Balaban J connectivity index is 0.876. The van der Waals surface area contributed by atoms with Gasteiger partial charge in [0.25, 0.3) is 0 Å². The maximum absolute atomic E-state index is 6.64. The number of halogens is 1. The van der Waals surface area contributed by atoms with Gasteiger partial charge in [-0.1, -0.05) is 115 Å². The molecular formula is C51H37BClN3O3S. The minimum absolute atomic E-state index is 0.157. The number of hydrogen-bond donors (Lipinski definition) is 0. The van der Waals surface area contributed by atoms with Crippen LogP contribution in [0.25, 0.3) is 98.3 Å². The molecule has 0 amide bonds. The Morgan fingerprint density at radius 1 is 0.483 bits per heavy atom. The molecule has 0 radical (unpaired) electrons. The third-order valence-electron chi connectivity index (χ3n) is 12.2. The van der Waals surface area contributed by atoms with Crippen molar-refractivity contribution in [3.05, 3.63) is 157 Å². The predicted octanol–water partition coefficient (Wildman–Crippen LogP) is 13.4. The molecule has 60 heavy (non-hydrogen) atoms. The van der Waals surface area contributed by atoms with E-state index in [9.17, 15) is 0 Å². The molecule has 0 saturated carbocycles. The summed E-state index contributed by atoms with van der Waals surface area (Å²) < 4.78 is 21.3. The van der Waals surface area contributed by atoms with E-state index < -0.39 is 7.12 Å². The van der Waals surface area contributed by atoms with Crippen LogP contribution in [0.1, 0.15) is 27.7 Å². The molecule has 1 saturated heterocycles. The highest BCUT2D eigenvalue weighted by Crippen LogP contribution is 2.41. The quantitative estimate of drug-likeness (QED) is 0.156. The van der Waals surface area contributed by atoms with Crippen molar-refractivity contribution in [2.24, 2.45) is 0 Å². The van der Waals surface area contributed by atoms with Crippen molar-refractivity contribution in [2.45, 2.75) is 38.9 Å². The average Bonchev–Trinajstić information content (AvgIpc) is 3.90. The summed E-state index contributed by atoms with van der Waals surface area (Å²) in [6, 6.07) is 52.8. The molecule has 1 aliphatic heterocycles. The lowest BCUT2D eigenvalue weighted by Crippen LogP contribution is -2.41. The molecule has 1 fully saturated rings. The van der Waals surface area contributed by atoms with E-state index in [4.69, 9.17) is 30.3 Å². The summed E-state index contributed by atoms with van der Waals surface area (Å²) in [4.78, 5) is 14.3. The van der Waals surface area contributed by atoms with E-state index in [1.807, 2.05) is 18.2 Å². The number of furan rings is 1. The zero-order valence-electron chi connectivity index (χ0n) is 33.4. The molecule has 10 aromatic rings. The summed E-state index contributed by atoms with van der Waals surface area (Å²) >= 11 is 8.38. The molecule has 0 spiro atoms. The SMILES string of the molecule is CC1(C)OB(c2ccc(-c3ccc4c(c3)oc3ccc(-c5ccc(-c6ccccc6-c6nc(Cl)nc(-c7cccc8c7sc7ccccc78)n6)cc5)cc34)cc2)OC1(C)C. The minimum Gasteiger partial charge on any atom is -0.456 e. The van der Waals surface area contributed by atoms with Gasteiger partial charge in [-0.2, -0.15) is 9.97 Å². The fourth-order valence-corrected chi connectivity index (χ4v) is 9.61. The van der Waals surface area contributed by atoms with Gasteiger partial charge >= 0.3 is 7.12 Å². The van der Waals surface area contributed by atoms with Gasteiger partial charge in [0, 0.05) is 42.1 Å².